The molecule has 3 amide bonds. The van der Waals surface area contributed by atoms with Crippen molar-refractivity contribution in [1.29, 1.82) is 0 Å². The normalized spacial score (nSPS) is 17.7. The van der Waals surface area contributed by atoms with Gasteiger partial charge in [0.2, 0.25) is 11.8 Å². The highest BCUT2D eigenvalue weighted by molar-refractivity contribution is 6.30. The number of nitrogens with zero attached hydrogens (tertiary/aromatic N) is 1. The summed E-state index contributed by atoms with van der Waals surface area (Å²) in [5, 5.41) is 25.6. The topological polar surface area (TPSA) is 119 Å². The van der Waals surface area contributed by atoms with Gasteiger partial charge >= 0.3 is 6.09 Å². The largest absolute Gasteiger partial charge is 0.465 e. The molecule has 0 saturated carbocycles. The van der Waals surface area contributed by atoms with Crippen LogP contribution in [0, 0.1) is 5.92 Å². The highest BCUT2D eigenvalue weighted by Gasteiger charge is 2.51. The highest BCUT2D eigenvalue weighted by Crippen LogP contribution is 2.46. The van der Waals surface area contributed by atoms with Crippen molar-refractivity contribution in [2.24, 2.45) is 5.92 Å². The average Bonchev–Trinajstić information content (AvgIpc) is 3.31. The number of carbonyl (C=O) groups is 3. The standard InChI is InChI=1S/C28H34ClF2N3O5/c1-2-3-12-23(26(37)33-22(17-35)15-19-13-14-32-25(19)36)34(27(38)39)24(18-8-5-4-6-9-18)28(30,31)20-10-7-11-21(29)16-20/h4-11,16,19,22-24,35H,2-3,12-15,17H2,1H3,(H,32,36)(H,33,37)(H,38,39)/t19-,22-,23-,24?/m0/s1. The van der Waals surface area contributed by atoms with Gasteiger partial charge in [0, 0.05) is 23.0 Å². The molecule has 2 aromatic rings. The zero-order chi connectivity index (χ0) is 28.6. The van der Waals surface area contributed by atoms with E-state index in [1.807, 2.05) is 6.92 Å². The quantitative estimate of drug-likeness (QED) is 0.280. The Labute approximate surface area is 231 Å². The van der Waals surface area contributed by atoms with Crippen LogP contribution in [0.2, 0.25) is 5.02 Å². The first-order valence-corrected chi connectivity index (χ1v) is 13.4. The number of rotatable bonds is 13. The number of hydrogen-bond acceptors (Lipinski definition) is 4. The van der Waals surface area contributed by atoms with Crippen molar-refractivity contribution < 1.29 is 33.4 Å². The molecule has 3 rings (SSSR count). The summed E-state index contributed by atoms with van der Waals surface area (Å²) in [7, 11) is 0. The molecule has 212 valence electrons. The Morgan fingerprint density at radius 2 is 1.92 bits per heavy atom. The summed E-state index contributed by atoms with van der Waals surface area (Å²) in [6.45, 7) is 1.83. The molecule has 1 heterocycles. The van der Waals surface area contributed by atoms with Crippen molar-refractivity contribution in [3.63, 3.8) is 0 Å². The van der Waals surface area contributed by atoms with Gasteiger partial charge in [-0.25, -0.2) is 4.79 Å². The van der Waals surface area contributed by atoms with E-state index in [0.29, 0.717) is 30.7 Å². The molecule has 8 nitrogen and oxygen atoms in total. The number of benzene rings is 2. The number of carbonyl (C=O) groups excluding carboxylic acids is 2. The molecular weight excluding hydrogens is 532 g/mol. The minimum Gasteiger partial charge on any atom is -0.465 e. The molecule has 1 aliphatic rings. The molecule has 39 heavy (non-hydrogen) atoms. The van der Waals surface area contributed by atoms with E-state index in [0.717, 1.165) is 12.1 Å². The number of halogens is 3. The third-order valence-electron chi connectivity index (χ3n) is 6.94. The smallest absolute Gasteiger partial charge is 0.408 e. The third kappa shape index (κ3) is 7.45. The predicted molar refractivity (Wildman–Crippen MR) is 142 cm³/mol. The number of alkyl halides is 2. The van der Waals surface area contributed by atoms with Crippen LogP contribution < -0.4 is 10.6 Å². The van der Waals surface area contributed by atoms with E-state index in [-0.39, 0.29) is 29.3 Å². The fourth-order valence-electron chi connectivity index (χ4n) is 4.94. The molecule has 4 atom stereocenters. The summed E-state index contributed by atoms with van der Waals surface area (Å²) >= 11 is 6.00. The first kappa shape index (κ1) is 30.3. The molecule has 0 aromatic heterocycles. The first-order valence-electron chi connectivity index (χ1n) is 13.0. The van der Waals surface area contributed by atoms with E-state index < -0.39 is 54.1 Å². The van der Waals surface area contributed by atoms with E-state index in [2.05, 4.69) is 10.6 Å². The summed E-state index contributed by atoms with van der Waals surface area (Å²) in [5.41, 5.74) is -0.495. The van der Waals surface area contributed by atoms with Gasteiger partial charge in [-0.05, 0) is 37.0 Å². The predicted octanol–water partition coefficient (Wildman–Crippen LogP) is 4.72. The number of hydrogen-bond donors (Lipinski definition) is 4. The van der Waals surface area contributed by atoms with Crippen molar-refractivity contribution in [2.45, 2.75) is 63.1 Å². The van der Waals surface area contributed by atoms with Crippen LogP contribution in [-0.2, 0) is 15.5 Å². The summed E-state index contributed by atoms with van der Waals surface area (Å²) in [4.78, 5) is 38.8. The first-order chi connectivity index (χ1) is 18.6. The van der Waals surface area contributed by atoms with Crippen molar-refractivity contribution in [3.8, 4) is 0 Å². The third-order valence-corrected chi connectivity index (χ3v) is 7.17. The van der Waals surface area contributed by atoms with Crippen molar-refractivity contribution in [2.75, 3.05) is 13.2 Å². The van der Waals surface area contributed by atoms with Crippen molar-refractivity contribution in [3.05, 3.63) is 70.7 Å². The van der Waals surface area contributed by atoms with Crippen LogP contribution >= 0.6 is 11.6 Å². The van der Waals surface area contributed by atoms with Crippen LogP contribution in [0.25, 0.3) is 0 Å². The number of carboxylic acid groups (broad SMARTS) is 1. The second-order valence-electron chi connectivity index (χ2n) is 9.69. The molecule has 0 radical (unpaired) electrons. The average molecular weight is 566 g/mol. The molecule has 0 bridgehead atoms. The van der Waals surface area contributed by atoms with Crippen LogP contribution in [0.1, 0.15) is 56.2 Å². The Hall–Kier alpha value is -3.24. The Morgan fingerprint density at radius 3 is 2.49 bits per heavy atom. The fourth-order valence-corrected chi connectivity index (χ4v) is 5.13. The zero-order valence-corrected chi connectivity index (χ0v) is 22.4. The molecule has 1 saturated heterocycles. The number of amides is 3. The summed E-state index contributed by atoms with van der Waals surface area (Å²) in [5.74, 6) is -5.20. The lowest BCUT2D eigenvalue weighted by Crippen LogP contribution is -2.56. The Kier molecular flexibility index (Phi) is 10.7. The molecule has 0 aliphatic carbocycles. The van der Waals surface area contributed by atoms with E-state index in [9.17, 15) is 24.6 Å². The maximum absolute atomic E-state index is 16.3. The number of aliphatic hydroxyl groups is 1. The van der Waals surface area contributed by atoms with Gasteiger partial charge in [0.25, 0.3) is 5.92 Å². The molecule has 2 aromatic carbocycles. The zero-order valence-electron chi connectivity index (χ0n) is 21.7. The minimum atomic E-state index is -3.77. The lowest BCUT2D eigenvalue weighted by molar-refractivity contribution is -0.135. The number of nitrogens with one attached hydrogen (secondary N) is 2. The van der Waals surface area contributed by atoms with Gasteiger partial charge in [-0.1, -0.05) is 73.8 Å². The van der Waals surface area contributed by atoms with Crippen LogP contribution in [0.4, 0.5) is 13.6 Å². The number of aliphatic hydroxyl groups excluding tert-OH is 1. The van der Waals surface area contributed by atoms with Gasteiger partial charge in [0.1, 0.15) is 12.1 Å². The number of unbranched alkanes of at least 4 members (excludes halogenated alkanes) is 1. The van der Waals surface area contributed by atoms with Crippen LogP contribution in [0.5, 0.6) is 0 Å². The molecule has 0 spiro atoms. The maximum atomic E-state index is 16.3. The highest BCUT2D eigenvalue weighted by atomic mass is 35.5. The van der Waals surface area contributed by atoms with Crippen molar-refractivity contribution in [1.82, 2.24) is 15.5 Å². The molecular formula is C28H34ClF2N3O5. The Balaban J connectivity index is 2.03. The molecule has 11 heteroatoms. The maximum Gasteiger partial charge on any atom is 0.408 e. The monoisotopic (exact) mass is 565 g/mol. The molecule has 1 unspecified atom stereocenters. The summed E-state index contributed by atoms with van der Waals surface area (Å²) in [6, 6.07) is 8.06. The summed E-state index contributed by atoms with van der Waals surface area (Å²) in [6.07, 6.45) is -0.0655. The van der Waals surface area contributed by atoms with Crippen molar-refractivity contribution >= 4 is 29.5 Å². The molecule has 1 fully saturated rings. The van der Waals surface area contributed by atoms with Gasteiger partial charge in [-0.3, -0.25) is 14.5 Å². The second-order valence-corrected chi connectivity index (χ2v) is 10.1. The Bertz CT molecular complexity index is 1140. The fraction of sp³-hybridized carbons (Fsp3) is 0.464. The van der Waals surface area contributed by atoms with Gasteiger partial charge < -0.3 is 20.8 Å². The van der Waals surface area contributed by atoms with Gasteiger partial charge in [0.05, 0.1) is 12.6 Å². The summed E-state index contributed by atoms with van der Waals surface area (Å²) < 4.78 is 32.6. The van der Waals surface area contributed by atoms with Gasteiger partial charge in [-0.2, -0.15) is 8.78 Å². The molecule has 4 N–H and O–H groups in total. The van der Waals surface area contributed by atoms with Crippen LogP contribution in [-0.4, -0.2) is 58.3 Å². The second kappa shape index (κ2) is 13.7. The van der Waals surface area contributed by atoms with E-state index in [1.54, 1.807) is 6.07 Å². The van der Waals surface area contributed by atoms with E-state index >= 15 is 8.78 Å². The lowest BCUT2D eigenvalue weighted by atomic mass is 9.91. The minimum absolute atomic E-state index is 0.000471. The molecule has 1 aliphatic heterocycles. The van der Waals surface area contributed by atoms with E-state index in [1.165, 1.54) is 36.4 Å². The SMILES string of the molecule is CCCC[C@@H](C(=O)N[C@H](CO)C[C@@H]1CCNC1=O)N(C(=O)O)C(c1ccccc1)C(F)(F)c1cccc(Cl)c1. The lowest BCUT2D eigenvalue weighted by Gasteiger charge is -2.40. The van der Waals surface area contributed by atoms with Crippen LogP contribution in [0.15, 0.2) is 54.6 Å². The van der Waals surface area contributed by atoms with Crippen LogP contribution in [0.3, 0.4) is 0 Å². The van der Waals surface area contributed by atoms with Gasteiger partial charge in [0.15, 0.2) is 0 Å². The van der Waals surface area contributed by atoms with Gasteiger partial charge in [-0.15, -0.1) is 0 Å². The van der Waals surface area contributed by atoms with E-state index in [4.69, 9.17) is 11.6 Å². The Morgan fingerprint density at radius 1 is 1.21 bits per heavy atom.